The van der Waals surface area contributed by atoms with Crippen molar-refractivity contribution in [3.05, 3.63) is 11.8 Å². The summed E-state index contributed by atoms with van der Waals surface area (Å²) in [6, 6.07) is -0.0116. The Kier molecular flexibility index (Phi) is 2.91. The van der Waals surface area contributed by atoms with E-state index in [1.54, 1.807) is 13.4 Å². The summed E-state index contributed by atoms with van der Waals surface area (Å²) >= 11 is 0. The summed E-state index contributed by atoms with van der Waals surface area (Å²) in [6.07, 6.45) is 2.76. The van der Waals surface area contributed by atoms with E-state index in [4.69, 9.17) is 15.2 Å². The topological polar surface area (TPSA) is 44.5 Å². The van der Waals surface area contributed by atoms with Crippen LogP contribution in [0, 0.1) is 0 Å². The van der Waals surface area contributed by atoms with Gasteiger partial charge in [0, 0.05) is 13.5 Å². The van der Waals surface area contributed by atoms with Gasteiger partial charge in [-0.05, 0) is 12.5 Å². The summed E-state index contributed by atoms with van der Waals surface area (Å²) in [6.45, 7) is 2.73. The van der Waals surface area contributed by atoms with Crippen molar-refractivity contribution in [1.82, 2.24) is 0 Å². The number of hydrogen-bond acceptors (Lipinski definition) is 3. The molecule has 0 bridgehead atoms. The van der Waals surface area contributed by atoms with Gasteiger partial charge in [-0.25, -0.2) is 0 Å². The van der Waals surface area contributed by atoms with E-state index in [9.17, 15) is 0 Å². The number of ether oxygens (including phenoxy) is 2. The van der Waals surface area contributed by atoms with Crippen molar-refractivity contribution in [2.45, 2.75) is 25.5 Å². The summed E-state index contributed by atoms with van der Waals surface area (Å²) in [5.74, 6) is 0. The van der Waals surface area contributed by atoms with Crippen molar-refractivity contribution in [3.8, 4) is 0 Å². The molecular weight excluding hydrogens is 142 g/mol. The average Bonchev–Trinajstić information content (AvgIpc) is 2.53. The monoisotopic (exact) mass is 157 g/mol. The van der Waals surface area contributed by atoms with Crippen LogP contribution in [-0.2, 0) is 9.47 Å². The van der Waals surface area contributed by atoms with E-state index in [0.717, 1.165) is 18.6 Å². The van der Waals surface area contributed by atoms with Crippen LogP contribution in [0.5, 0.6) is 0 Å². The number of methoxy groups -OCH3 is 1. The Morgan fingerprint density at radius 1 is 1.73 bits per heavy atom. The van der Waals surface area contributed by atoms with Crippen molar-refractivity contribution in [1.29, 1.82) is 0 Å². The zero-order valence-electron chi connectivity index (χ0n) is 7.04. The summed E-state index contributed by atoms with van der Waals surface area (Å²) in [5.41, 5.74) is 7.01. The molecule has 2 atom stereocenters. The standard InChI is InChI=1S/C8H15NO2/c1-6(10-2)8(9)7-3-4-11-5-7/h5-6,8H,3-4,9H2,1-2H3. The van der Waals surface area contributed by atoms with Gasteiger partial charge in [-0.15, -0.1) is 0 Å². The Morgan fingerprint density at radius 2 is 2.45 bits per heavy atom. The number of rotatable bonds is 3. The summed E-state index contributed by atoms with van der Waals surface area (Å²) in [7, 11) is 1.67. The molecule has 64 valence electrons. The van der Waals surface area contributed by atoms with Crippen LogP contribution >= 0.6 is 0 Å². The second-order valence-corrected chi connectivity index (χ2v) is 2.78. The quantitative estimate of drug-likeness (QED) is 0.654. The molecule has 2 N–H and O–H groups in total. The number of hydrogen-bond donors (Lipinski definition) is 1. The molecule has 11 heavy (non-hydrogen) atoms. The van der Waals surface area contributed by atoms with E-state index in [2.05, 4.69) is 0 Å². The third kappa shape index (κ3) is 1.94. The van der Waals surface area contributed by atoms with Gasteiger partial charge >= 0.3 is 0 Å². The van der Waals surface area contributed by atoms with Crippen LogP contribution in [-0.4, -0.2) is 25.9 Å². The lowest BCUT2D eigenvalue weighted by Gasteiger charge is -2.18. The number of nitrogens with two attached hydrogens (primary N) is 1. The minimum atomic E-state index is -0.0116. The fraction of sp³-hybridized carbons (Fsp3) is 0.750. The highest BCUT2D eigenvalue weighted by Gasteiger charge is 2.19. The van der Waals surface area contributed by atoms with E-state index in [1.165, 1.54) is 0 Å². The van der Waals surface area contributed by atoms with Crippen molar-refractivity contribution in [2.75, 3.05) is 13.7 Å². The Balaban J connectivity index is 2.45. The molecule has 1 rings (SSSR count). The molecule has 0 fully saturated rings. The Bertz CT molecular complexity index is 156. The third-order valence-corrected chi connectivity index (χ3v) is 2.05. The second kappa shape index (κ2) is 3.74. The molecule has 1 aliphatic rings. The molecule has 0 radical (unpaired) electrons. The molecular formula is C8H15NO2. The fourth-order valence-electron chi connectivity index (χ4n) is 1.09. The lowest BCUT2D eigenvalue weighted by atomic mass is 10.0. The fourth-order valence-corrected chi connectivity index (χ4v) is 1.09. The van der Waals surface area contributed by atoms with Gasteiger partial charge in [0.15, 0.2) is 0 Å². The SMILES string of the molecule is COC(C)C(N)C1=COCC1. The smallest absolute Gasteiger partial charge is 0.0912 e. The maximum atomic E-state index is 5.86. The van der Waals surface area contributed by atoms with Crippen LogP contribution in [0.1, 0.15) is 13.3 Å². The Hall–Kier alpha value is -0.540. The molecule has 3 nitrogen and oxygen atoms in total. The highest BCUT2D eigenvalue weighted by atomic mass is 16.5. The van der Waals surface area contributed by atoms with Gasteiger partial charge in [-0.3, -0.25) is 0 Å². The first kappa shape index (κ1) is 8.56. The molecule has 0 saturated carbocycles. The molecule has 0 aromatic rings. The van der Waals surface area contributed by atoms with Crippen LogP contribution in [0.3, 0.4) is 0 Å². The summed E-state index contributed by atoms with van der Waals surface area (Å²) < 4.78 is 10.2. The molecule has 1 aliphatic heterocycles. The van der Waals surface area contributed by atoms with Gasteiger partial charge in [-0.2, -0.15) is 0 Å². The van der Waals surface area contributed by atoms with Gasteiger partial charge in [0.25, 0.3) is 0 Å². The predicted octanol–water partition coefficient (Wildman–Crippen LogP) is 0.653. The molecule has 0 amide bonds. The third-order valence-electron chi connectivity index (χ3n) is 2.05. The van der Waals surface area contributed by atoms with Crippen LogP contribution < -0.4 is 5.73 Å². The van der Waals surface area contributed by atoms with Crippen molar-refractivity contribution in [3.63, 3.8) is 0 Å². The maximum absolute atomic E-state index is 5.86. The first-order valence-corrected chi connectivity index (χ1v) is 3.84. The molecule has 0 saturated heterocycles. The molecule has 0 aromatic heterocycles. The van der Waals surface area contributed by atoms with Crippen molar-refractivity contribution in [2.24, 2.45) is 5.73 Å². The minimum Gasteiger partial charge on any atom is -0.501 e. The largest absolute Gasteiger partial charge is 0.501 e. The van der Waals surface area contributed by atoms with Gasteiger partial charge in [0.2, 0.25) is 0 Å². The summed E-state index contributed by atoms with van der Waals surface area (Å²) in [5, 5.41) is 0. The minimum absolute atomic E-state index is 0.0116. The van der Waals surface area contributed by atoms with Gasteiger partial charge in [0.1, 0.15) is 0 Å². The Labute approximate surface area is 67.2 Å². The highest BCUT2D eigenvalue weighted by molar-refractivity contribution is 5.12. The Morgan fingerprint density at radius 3 is 2.91 bits per heavy atom. The van der Waals surface area contributed by atoms with Crippen LogP contribution in [0.2, 0.25) is 0 Å². The van der Waals surface area contributed by atoms with Gasteiger partial charge in [-0.1, -0.05) is 0 Å². The second-order valence-electron chi connectivity index (χ2n) is 2.78. The first-order chi connectivity index (χ1) is 5.25. The molecule has 0 spiro atoms. The lowest BCUT2D eigenvalue weighted by Crippen LogP contribution is -2.35. The van der Waals surface area contributed by atoms with Crippen LogP contribution in [0.25, 0.3) is 0 Å². The average molecular weight is 157 g/mol. The molecule has 0 aliphatic carbocycles. The van der Waals surface area contributed by atoms with Gasteiger partial charge in [0.05, 0.1) is 25.0 Å². The maximum Gasteiger partial charge on any atom is 0.0912 e. The molecule has 3 heteroatoms. The van der Waals surface area contributed by atoms with Crippen LogP contribution in [0.4, 0.5) is 0 Å². The molecule has 2 unspecified atom stereocenters. The highest BCUT2D eigenvalue weighted by Crippen LogP contribution is 2.16. The van der Waals surface area contributed by atoms with E-state index in [0.29, 0.717) is 0 Å². The van der Waals surface area contributed by atoms with Crippen molar-refractivity contribution < 1.29 is 9.47 Å². The molecule has 0 aromatic carbocycles. The van der Waals surface area contributed by atoms with E-state index in [-0.39, 0.29) is 12.1 Å². The normalized spacial score (nSPS) is 22.3. The van der Waals surface area contributed by atoms with E-state index >= 15 is 0 Å². The van der Waals surface area contributed by atoms with E-state index in [1.807, 2.05) is 6.92 Å². The van der Waals surface area contributed by atoms with Crippen LogP contribution in [0.15, 0.2) is 11.8 Å². The zero-order valence-corrected chi connectivity index (χ0v) is 7.04. The molecule has 1 heterocycles. The predicted molar refractivity (Wildman–Crippen MR) is 43.1 cm³/mol. The van der Waals surface area contributed by atoms with Gasteiger partial charge < -0.3 is 15.2 Å². The van der Waals surface area contributed by atoms with E-state index < -0.39 is 0 Å². The summed E-state index contributed by atoms with van der Waals surface area (Å²) in [4.78, 5) is 0. The zero-order chi connectivity index (χ0) is 8.27. The first-order valence-electron chi connectivity index (χ1n) is 3.84. The lowest BCUT2D eigenvalue weighted by molar-refractivity contribution is 0.104. The van der Waals surface area contributed by atoms with Crippen molar-refractivity contribution >= 4 is 0 Å².